The van der Waals surface area contributed by atoms with Gasteiger partial charge < -0.3 is 14.4 Å². The van der Waals surface area contributed by atoms with E-state index >= 15 is 0 Å². The van der Waals surface area contributed by atoms with Gasteiger partial charge in [-0.25, -0.2) is 8.42 Å². The largest absolute Gasteiger partial charge is 0.347 e. The number of carbonyl (C=O) groups excluding carboxylic acids is 2. The Balaban J connectivity index is 1.36. The number of sulfonamides is 1. The molecular formula is C23H31N3O6S. The van der Waals surface area contributed by atoms with Crippen molar-refractivity contribution in [3.8, 4) is 0 Å². The van der Waals surface area contributed by atoms with E-state index in [0.29, 0.717) is 64.3 Å². The molecule has 4 aliphatic rings. The first-order valence-electron chi connectivity index (χ1n) is 11.8. The lowest BCUT2D eigenvalue weighted by molar-refractivity contribution is -0.187. The van der Waals surface area contributed by atoms with E-state index in [1.807, 2.05) is 0 Å². The molecule has 33 heavy (non-hydrogen) atoms. The molecule has 1 atom stereocenters. The topological polar surface area (TPSA) is 96.5 Å². The first-order chi connectivity index (χ1) is 15.8. The van der Waals surface area contributed by atoms with Crippen LogP contribution in [0.3, 0.4) is 0 Å². The van der Waals surface area contributed by atoms with E-state index in [9.17, 15) is 18.0 Å². The highest BCUT2D eigenvalue weighted by Crippen LogP contribution is 2.37. The van der Waals surface area contributed by atoms with Gasteiger partial charge in [0.1, 0.15) is 6.04 Å². The summed E-state index contributed by atoms with van der Waals surface area (Å²) in [6.45, 7) is 4.67. The second-order valence-corrected chi connectivity index (χ2v) is 11.2. The van der Waals surface area contributed by atoms with Crippen LogP contribution in [0.4, 0.5) is 5.69 Å². The number of anilines is 1. The number of hydrogen-bond donors (Lipinski definition) is 0. The van der Waals surface area contributed by atoms with Crippen molar-refractivity contribution in [2.24, 2.45) is 0 Å². The summed E-state index contributed by atoms with van der Waals surface area (Å²) >= 11 is 0. The normalized spacial score (nSPS) is 25.4. The maximum Gasteiger partial charge on any atom is 0.246 e. The molecule has 0 unspecified atom stereocenters. The van der Waals surface area contributed by atoms with Crippen LogP contribution >= 0.6 is 0 Å². The number of benzene rings is 1. The van der Waals surface area contributed by atoms with Gasteiger partial charge >= 0.3 is 0 Å². The summed E-state index contributed by atoms with van der Waals surface area (Å²) in [6.07, 6.45) is 4.31. The SMILES string of the molecule is CC(=O)N1c2ccc(S(=O)(=O)N3CCCCC3)cc2C[C@@H]1C(=O)N1CCC2(CC1)OCCO2. The molecule has 4 aliphatic heterocycles. The zero-order chi connectivity index (χ0) is 23.2. The number of amides is 2. The van der Waals surface area contributed by atoms with Crippen molar-refractivity contribution < 1.29 is 27.5 Å². The molecule has 5 rings (SSSR count). The zero-order valence-electron chi connectivity index (χ0n) is 19.0. The minimum Gasteiger partial charge on any atom is -0.347 e. The van der Waals surface area contributed by atoms with Crippen LogP contribution in [-0.2, 0) is 35.5 Å². The molecule has 10 heteroatoms. The second kappa shape index (κ2) is 8.65. The van der Waals surface area contributed by atoms with E-state index in [0.717, 1.165) is 24.8 Å². The number of hydrogen-bond acceptors (Lipinski definition) is 6. The summed E-state index contributed by atoms with van der Waals surface area (Å²) in [4.78, 5) is 29.5. The van der Waals surface area contributed by atoms with Gasteiger partial charge in [-0.15, -0.1) is 0 Å². The lowest BCUT2D eigenvalue weighted by Crippen LogP contribution is -2.54. The van der Waals surface area contributed by atoms with Gasteiger partial charge in [0.15, 0.2) is 5.79 Å². The summed E-state index contributed by atoms with van der Waals surface area (Å²) < 4.78 is 39.3. The first-order valence-corrected chi connectivity index (χ1v) is 13.2. The van der Waals surface area contributed by atoms with Gasteiger partial charge in [0.2, 0.25) is 21.8 Å². The van der Waals surface area contributed by atoms with E-state index in [2.05, 4.69) is 0 Å². The van der Waals surface area contributed by atoms with E-state index < -0.39 is 21.9 Å². The zero-order valence-corrected chi connectivity index (χ0v) is 19.8. The highest BCUT2D eigenvalue weighted by Gasteiger charge is 2.45. The van der Waals surface area contributed by atoms with Crippen LogP contribution in [0.25, 0.3) is 0 Å². The van der Waals surface area contributed by atoms with Crippen LogP contribution in [0, 0.1) is 0 Å². The molecule has 1 aromatic carbocycles. The number of nitrogens with zero attached hydrogens (tertiary/aromatic N) is 3. The standard InChI is InChI=1S/C23H31N3O6S/c1-17(27)26-20-6-5-19(33(29,30)25-9-3-2-4-10-25)15-18(20)16-21(26)22(28)24-11-7-23(8-12-24)31-13-14-32-23/h5-6,15,21H,2-4,7-14,16H2,1H3/t21-/m1/s1. The van der Waals surface area contributed by atoms with Crippen molar-refractivity contribution in [3.05, 3.63) is 23.8 Å². The molecule has 0 bridgehead atoms. The molecule has 4 heterocycles. The molecule has 0 radical (unpaired) electrons. The molecule has 3 fully saturated rings. The van der Waals surface area contributed by atoms with Crippen molar-refractivity contribution in [1.29, 1.82) is 0 Å². The predicted molar refractivity (Wildman–Crippen MR) is 120 cm³/mol. The van der Waals surface area contributed by atoms with E-state index in [1.54, 1.807) is 23.1 Å². The van der Waals surface area contributed by atoms with Crippen LogP contribution in [-0.4, -0.2) is 80.7 Å². The fraction of sp³-hybridized carbons (Fsp3) is 0.652. The minimum atomic E-state index is -3.59. The van der Waals surface area contributed by atoms with Crippen LogP contribution in [0.15, 0.2) is 23.1 Å². The Labute approximate surface area is 194 Å². The van der Waals surface area contributed by atoms with Crippen molar-refractivity contribution in [1.82, 2.24) is 9.21 Å². The molecule has 0 aliphatic carbocycles. The van der Waals surface area contributed by atoms with Gasteiger partial charge in [-0.3, -0.25) is 14.5 Å². The predicted octanol–water partition coefficient (Wildman–Crippen LogP) is 1.50. The third-order valence-corrected chi connectivity index (χ3v) is 9.16. The molecule has 180 valence electrons. The van der Waals surface area contributed by atoms with Crippen molar-refractivity contribution >= 4 is 27.5 Å². The minimum absolute atomic E-state index is 0.116. The summed E-state index contributed by atoms with van der Waals surface area (Å²) in [6, 6.07) is 4.22. The van der Waals surface area contributed by atoms with E-state index in [-0.39, 0.29) is 16.7 Å². The Morgan fingerprint density at radius 1 is 1.00 bits per heavy atom. The third kappa shape index (κ3) is 4.07. The number of rotatable bonds is 3. The highest BCUT2D eigenvalue weighted by atomic mass is 32.2. The Kier molecular flexibility index (Phi) is 5.97. The monoisotopic (exact) mass is 477 g/mol. The van der Waals surface area contributed by atoms with Crippen molar-refractivity contribution in [2.75, 3.05) is 44.3 Å². The van der Waals surface area contributed by atoms with Gasteiger partial charge in [0, 0.05) is 58.1 Å². The summed E-state index contributed by atoms with van der Waals surface area (Å²) in [5, 5.41) is 0. The highest BCUT2D eigenvalue weighted by molar-refractivity contribution is 7.89. The number of likely N-dealkylation sites (tertiary alicyclic amines) is 1. The van der Waals surface area contributed by atoms with Crippen LogP contribution < -0.4 is 4.90 Å². The van der Waals surface area contributed by atoms with Crippen LogP contribution in [0.2, 0.25) is 0 Å². The number of carbonyl (C=O) groups is 2. The second-order valence-electron chi connectivity index (χ2n) is 9.30. The maximum absolute atomic E-state index is 13.4. The molecule has 0 N–H and O–H groups in total. The van der Waals surface area contributed by atoms with Crippen LogP contribution in [0.5, 0.6) is 0 Å². The Morgan fingerprint density at radius 3 is 2.30 bits per heavy atom. The average molecular weight is 478 g/mol. The number of piperidine rings is 2. The number of fused-ring (bicyclic) bond motifs is 1. The van der Waals surface area contributed by atoms with Crippen LogP contribution in [0.1, 0.15) is 44.6 Å². The molecule has 0 aromatic heterocycles. The maximum atomic E-state index is 13.4. The summed E-state index contributed by atoms with van der Waals surface area (Å²) in [7, 11) is -3.59. The Morgan fingerprint density at radius 2 is 1.67 bits per heavy atom. The van der Waals surface area contributed by atoms with Gasteiger partial charge in [0.05, 0.1) is 18.1 Å². The van der Waals surface area contributed by atoms with E-state index in [1.165, 1.54) is 16.1 Å². The first kappa shape index (κ1) is 22.8. The Hall–Kier alpha value is -2.01. The smallest absolute Gasteiger partial charge is 0.246 e. The third-order valence-electron chi connectivity index (χ3n) is 7.26. The average Bonchev–Trinajstić information content (AvgIpc) is 3.44. The Bertz CT molecular complexity index is 1040. The lowest BCUT2D eigenvalue weighted by atomic mass is 10.0. The number of ether oxygens (including phenoxy) is 2. The molecule has 0 saturated carbocycles. The molecular weight excluding hydrogens is 446 g/mol. The van der Waals surface area contributed by atoms with E-state index in [4.69, 9.17) is 9.47 Å². The molecule has 1 aromatic rings. The van der Waals surface area contributed by atoms with Gasteiger partial charge in [0.25, 0.3) is 0 Å². The molecule has 2 amide bonds. The molecule has 3 saturated heterocycles. The fourth-order valence-electron chi connectivity index (χ4n) is 5.49. The molecule has 9 nitrogen and oxygen atoms in total. The van der Waals surface area contributed by atoms with Gasteiger partial charge in [-0.2, -0.15) is 4.31 Å². The van der Waals surface area contributed by atoms with Gasteiger partial charge in [-0.05, 0) is 36.6 Å². The van der Waals surface area contributed by atoms with Crippen molar-refractivity contribution in [2.45, 2.75) is 62.2 Å². The lowest BCUT2D eigenvalue weighted by Gasteiger charge is -2.39. The summed E-state index contributed by atoms with van der Waals surface area (Å²) in [5.74, 6) is -0.919. The van der Waals surface area contributed by atoms with Crippen molar-refractivity contribution in [3.63, 3.8) is 0 Å². The molecule has 1 spiro atoms. The quantitative estimate of drug-likeness (QED) is 0.655. The van der Waals surface area contributed by atoms with Gasteiger partial charge in [-0.1, -0.05) is 6.42 Å². The fourth-order valence-corrected chi connectivity index (χ4v) is 7.06. The summed E-state index contributed by atoms with van der Waals surface area (Å²) in [5.41, 5.74) is 1.34.